The van der Waals surface area contributed by atoms with E-state index in [4.69, 9.17) is 27.9 Å². The van der Waals surface area contributed by atoms with Gasteiger partial charge in [0, 0.05) is 31.2 Å². The maximum Gasteiger partial charge on any atom is 0.410 e. The summed E-state index contributed by atoms with van der Waals surface area (Å²) < 4.78 is 32.4. The summed E-state index contributed by atoms with van der Waals surface area (Å²) in [6, 6.07) is 4.34. The Balaban J connectivity index is 2.15. The third-order valence-electron chi connectivity index (χ3n) is 3.62. The molecule has 0 aliphatic carbocycles. The Hall–Kier alpha value is -1.02. The molecule has 1 aromatic rings. The van der Waals surface area contributed by atoms with E-state index in [0.717, 1.165) is 0 Å². The van der Waals surface area contributed by atoms with Gasteiger partial charge >= 0.3 is 6.09 Å². The van der Waals surface area contributed by atoms with E-state index in [-0.39, 0.29) is 23.0 Å². The molecule has 1 aliphatic heterocycles. The average Bonchev–Trinajstić information content (AvgIpc) is 2.74. The first-order valence-corrected chi connectivity index (χ1v) is 10.1. The molecule has 2 rings (SSSR count). The van der Waals surface area contributed by atoms with E-state index in [1.165, 1.54) is 27.4 Å². The van der Waals surface area contributed by atoms with Crippen molar-refractivity contribution in [2.45, 2.75) is 37.7 Å². The zero-order chi connectivity index (χ0) is 18.8. The Labute approximate surface area is 158 Å². The van der Waals surface area contributed by atoms with Crippen molar-refractivity contribution in [1.29, 1.82) is 0 Å². The van der Waals surface area contributed by atoms with Crippen LogP contribution in [-0.2, 0) is 14.8 Å². The highest BCUT2D eigenvalue weighted by Gasteiger charge is 2.31. The van der Waals surface area contributed by atoms with Crippen LogP contribution < -0.4 is 0 Å². The van der Waals surface area contributed by atoms with Crippen LogP contribution in [0.25, 0.3) is 0 Å². The second kappa shape index (κ2) is 7.70. The van der Waals surface area contributed by atoms with E-state index < -0.39 is 21.7 Å². The third-order valence-corrected chi connectivity index (χ3v) is 6.23. The van der Waals surface area contributed by atoms with Crippen LogP contribution in [0.5, 0.6) is 0 Å². The lowest BCUT2D eigenvalue weighted by molar-refractivity contribution is 0.0260. The van der Waals surface area contributed by atoms with Crippen molar-refractivity contribution < 1.29 is 17.9 Å². The Morgan fingerprint density at radius 3 is 2.44 bits per heavy atom. The molecule has 0 saturated carbocycles. The number of halogens is 2. The number of hydrogen-bond acceptors (Lipinski definition) is 4. The van der Waals surface area contributed by atoms with Crippen molar-refractivity contribution in [2.24, 2.45) is 0 Å². The van der Waals surface area contributed by atoms with Gasteiger partial charge in [0.15, 0.2) is 0 Å². The minimum Gasteiger partial charge on any atom is -0.444 e. The maximum atomic E-state index is 12.9. The van der Waals surface area contributed by atoms with Gasteiger partial charge in [-0.25, -0.2) is 13.2 Å². The van der Waals surface area contributed by atoms with Crippen molar-refractivity contribution in [3.05, 3.63) is 28.2 Å². The van der Waals surface area contributed by atoms with Crippen molar-refractivity contribution in [3.63, 3.8) is 0 Å². The molecule has 0 radical (unpaired) electrons. The fraction of sp³-hybridized carbons (Fsp3) is 0.562. The number of benzene rings is 1. The SMILES string of the molecule is CC(C)(C)OC(=O)N1CCCN(S(=O)(=O)c2cc(Cl)ccc2Cl)CC1. The molecule has 1 heterocycles. The number of sulfonamides is 1. The number of ether oxygens (including phenoxy) is 1. The lowest BCUT2D eigenvalue weighted by Crippen LogP contribution is -2.40. The first-order valence-electron chi connectivity index (χ1n) is 7.94. The molecular weight excluding hydrogens is 387 g/mol. The summed E-state index contributed by atoms with van der Waals surface area (Å²) in [4.78, 5) is 13.7. The summed E-state index contributed by atoms with van der Waals surface area (Å²) in [6.07, 6.45) is 0.0731. The Morgan fingerprint density at radius 2 is 1.80 bits per heavy atom. The van der Waals surface area contributed by atoms with Crippen molar-refractivity contribution in [3.8, 4) is 0 Å². The summed E-state index contributed by atoms with van der Waals surface area (Å²) in [5.41, 5.74) is -0.594. The van der Waals surface area contributed by atoms with Gasteiger partial charge in [-0.2, -0.15) is 4.31 Å². The first-order chi connectivity index (χ1) is 11.5. The Kier molecular flexibility index (Phi) is 6.25. The van der Waals surface area contributed by atoms with Crippen LogP contribution in [0.15, 0.2) is 23.1 Å². The van der Waals surface area contributed by atoms with Gasteiger partial charge in [-0.15, -0.1) is 0 Å². The van der Waals surface area contributed by atoms with Gasteiger partial charge in [-0.3, -0.25) is 0 Å². The fourth-order valence-corrected chi connectivity index (χ4v) is 4.66. The Bertz CT molecular complexity index is 747. The molecule has 9 heteroatoms. The number of amides is 1. The summed E-state index contributed by atoms with van der Waals surface area (Å²) in [5, 5.41) is 0.422. The van der Waals surface area contributed by atoms with Gasteiger partial charge in [0.1, 0.15) is 10.5 Å². The quantitative estimate of drug-likeness (QED) is 0.748. The zero-order valence-electron chi connectivity index (χ0n) is 14.5. The van der Waals surface area contributed by atoms with Crippen LogP contribution in [0.1, 0.15) is 27.2 Å². The van der Waals surface area contributed by atoms with Gasteiger partial charge < -0.3 is 9.64 Å². The molecule has 1 aliphatic rings. The molecule has 1 saturated heterocycles. The molecular formula is C16H22Cl2N2O4S. The molecule has 1 fully saturated rings. The van der Waals surface area contributed by atoms with Crippen molar-refractivity contribution >= 4 is 39.3 Å². The minimum absolute atomic E-state index is 0.0209. The van der Waals surface area contributed by atoms with E-state index in [2.05, 4.69) is 0 Å². The fourth-order valence-electron chi connectivity index (χ4n) is 2.46. The molecule has 0 spiro atoms. The van der Waals surface area contributed by atoms with E-state index in [1.807, 2.05) is 0 Å². The summed E-state index contributed by atoms with van der Waals surface area (Å²) in [7, 11) is -3.78. The number of hydrogen-bond donors (Lipinski definition) is 0. The summed E-state index contributed by atoms with van der Waals surface area (Å²) >= 11 is 12.0. The zero-order valence-corrected chi connectivity index (χ0v) is 16.8. The topological polar surface area (TPSA) is 66.9 Å². The normalized spacial score (nSPS) is 17.2. The molecule has 140 valence electrons. The lowest BCUT2D eigenvalue weighted by atomic mass is 10.2. The van der Waals surface area contributed by atoms with Gasteiger partial charge in [0.25, 0.3) is 0 Å². The van der Waals surface area contributed by atoms with Crippen LogP contribution in [0.3, 0.4) is 0 Å². The van der Waals surface area contributed by atoms with Gasteiger partial charge in [-0.1, -0.05) is 23.2 Å². The lowest BCUT2D eigenvalue weighted by Gasteiger charge is -2.26. The van der Waals surface area contributed by atoms with E-state index in [1.54, 1.807) is 20.8 Å². The highest BCUT2D eigenvalue weighted by atomic mass is 35.5. The van der Waals surface area contributed by atoms with Crippen LogP contribution in [-0.4, -0.2) is 55.5 Å². The van der Waals surface area contributed by atoms with E-state index >= 15 is 0 Å². The second-order valence-electron chi connectivity index (χ2n) is 6.80. The minimum atomic E-state index is -3.78. The molecule has 0 aromatic heterocycles. The maximum absolute atomic E-state index is 12.9. The third kappa shape index (κ3) is 5.23. The van der Waals surface area contributed by atoms with Crippen LogP contribution in [0.4, 0.5) is 4.79 Å². The average molecular weight is 409 g/mol. The molecule has 6 nitrogen and oxygen atoms in total. The number of nitrogens with zero attached hydrogens (tertiary/aromatic N) is 2. The summed E-state index contributed by atoms with van der Waals surface area (Å²) in [6.45, 7) is 6.54. The number of carbonyl (C=O) groups is 1. The molecule has 0 bridgehead atoms. The van der Waals surface area contributed by atoms with Crippen molar-refractivity contribution in [1.82, 2.24) is 9.21 Å². The van der Waals surface area contributed by atoms with Crippen LogP contribution in [0.2, 0.25) is 10.0 Å². The molecule has 25 heavy (non-hydrogen) atoms. The van der Waals surface area contributed by atoms with E-state index in [9.17, 15) is 13.2 Å². The standard InChI is InChI=1S/C16H22Cl2N2O4S/c1-16(2,3)24-15(21)19-7-4-8-20(10-9-19)25(22,23)14-11-12(17)5-6-13(14)18/h5-6,11H,4,7-10H2,1-3H3. The molecule has 0 N–H and O–H groups in total. The van der Waals surface area contributed by atoms with Gasteiger partial charge in [-0.05, 0) is 45.4 Å². The predicted octanol–water partition coefficient (Wildman–Crippen LogP) is 3.62. The molecule has 0 atom stereocenters. The van der Waals surface area contributed by atoms with Crippen LogP contribution >= 0.6 is 23.2 Å². The van der Waals surface area contributed by atoms with Gasteiger partial charge in [0.05, 0.1) is 5.02 Å². The monoisotopic (exact) mass is 408 g/mol. The van der Waals surface area contributed by atoms with E-state index in [0.29, 0.717) is 24.5 Å². The van der Waals surface area contributed by atoms with Gasteiger partial charge in [0.2, 0.25) is 10.0 Å². The second-order valence-corrected chi connectivity index (χ2v) is 9.55. The number of carbonyl (C=O) groups excluding carboxylic acids is 1. The van der Waals surface area contributed by atoms with Crippen molar-refractivity contribution in [2.75, 3.05) is 26.2 Å². The molecule has 0 unspecified atom stereocenters. The molecule has 1 amide bonds. The summed E-state index contributed by atoms with van der Waals surface area (Å²) in [5.74, 6) is 0. The first kappa shape index (κ1) is 20.3. The number of rotatable bonds is 2. The predicted molar refractivity (Wildman–Crippen MR) is 97.6 cm³/mol. The smallest absolute Gasteiger partial charge is 0.410 e. The Morgan fingerprint density at radius 1 is 1.12 bits per heavy atom. The van der Waals surface area contributed by atoms with Crippen LogP contribution in [0, 0.1) is 0 Å². The largest absolute Gasteiger partial charge is 0.444 e. The molecule has 1 aromatic carbocycles. The highest BCUT2D eigenvalue weighted by molar-refractivity contribution is 7.89. The highest BCUT2D eigenvalue weighted by Crippen LogP contribution is 2.28.